The SMILES string of the molecule is O=C1[C@H]2[C@@H](ON(c3cccc([N+](=O)[O-])c3)[C@H]2c2ccccc2Cl)C(=O)N1c1ccc(Cl)cc1. The number of non-ortho nitro benzene ring substituents is 1. The predicted molar refractivity (Wildman–Crippen MR) is 122 cm³/mol. The number of rotatable bonds is 4. The predicted octanol–water partition coefficient (Wildman–Crippen LogP) is 4.95. The van der Waals surface area contributed by atoms with Gasteiger partial charge in [0.25, 0.3) is 11.6 Å². The monoisotopic (exact) mass is 483 g/mol. The van der Waals surface area contributed by atoms with E-state index in [1.807, 2.05) is 0 Å². The summed E-state index contributed by atoms with van der Waals surface area (Å²) in [6, 6.07) is 18.3. The highest BCUT2D eigenvalue weighted by Crippen LogP contribution is 2.49. The molecule has 8 nitrogen and oxygen atoms in total. The average Bonchev–Trinajstić information content (AvgIpc) is 3.31. The summed E-state index contributed by atoms with van der Waals surface area (Å²) in [6.45, 7) is 0. The number of benzene rings is 3. The van der Waals surface area contributed by atoms with E-state index in [1.165, 1.54) is 23.3 Å². The molecule has 2 aliphatic rings. The molecule has 3 atom stereocenters. The smallest absolute Gasteiger partial charge is 0.271 e. The zero-order valence-electron chi connectivity index (χ0n) is 16.8. The van der Waals surface area contributed by atoms with Crippen LogP contribution in [0, 0.1) is 16.0 Å². The lowest BCUT2D eigenvalue weighted by Gasteiger charge is -2.29. The maximum atomic E-state index is 13.5. The van der Waals surface area contributed by atoms with E-state index in [-0.39, 0.29) is 5.69 Å². The van der Waals surface area contributed by atoms with Crippen LogP contribution in [0.25, 0.3) is 0 Å². The Labute approximate surface area is 198 Å². The summed E-state index contributed by atoms with van der Waals surface area (Å²) in [6.07, 6.45) is -1.12. The summed E-state index contributed by atoms with van der Waals surface area (Å²) in [5, 5.41) is 13.5. The Bertz CT molecular complexity index is 1280. The van der Waals surface area contributed by atoms with Gasteiger partial charge in [-0.1, -0.05) is 47.5 Å². The van der Waals surface area contributed by atoms with Gasteiger partial charge in [0.05, 0.1) is 22.3 Å². The summed E-state index contributed by atoms with van der Waals surface area (Å²) in [5.74, 6) is -1.89. The van der Waals surface area contributed by atoms with Gasteiger partial charge < -0.3 is 0 Å². The molecule has 3 aromatic carbocycles. The summed E-state index contributed by atoms with van der Waals surface area (Å²) >= 11 is 12.4. The van der Waals surface area contributed by atoms with Crippen molar-refractivity contribution in [2.75, 3.05) is 9.96 Å². The first-order valence-electron chi connectivity index (χ1n) is 9.95. The molecular weight excluding hydrogens is 469 g/mol. The van der Waals surface area contributed by atoms with Crippen LogP contribution in [0.15, 0.2) is 72.8 Å². The zero-order chi connectivity index (χ0) is 23.3. The number of halogens is 2. The van der Waals surface area contributed by atoms with Crippen molar-refractivity contribution in [2.24, 2.45) is 5.92 Å². The van der Waals surface area contributed by atoms with Crippen molar-refractivity contribution in [3.05, 3.63) is 98.5 Å². The largest absolute Gasteiger partial charge is 0.273 e. The van der Waals surface area contributed by atoms with Gasteiger partial charge in [0, 0.05) is 22.2 Å². The molecular formula is C23H15Cl2N3O5. The molecule has 2 aliphatic heterocycles. The van der Waals surface area contributed by atoms with Crippen LogP contribution in [0.1, 0.15) is 11.6 Å². The fourth-order valence-corrected chi connectivity index (χ4v) is 4.63. The summed E-state index contributed by atoms with van der Waals surface area (Å²) < 4.78 is 0. The number of nitrogens with zero attached hydrogens (tertiary/aromatic N) is 3. The first-order chi connectivity index (χ1) is 15.9. The van der Waals surface area contributed by atoms with Crippen LogP contribution in [0.3, 0.4) is 0 Å². The Kier molecular flexibility index (Phi) is 5.28. The number of nitro benzene ring substituents is 1. The summed E-state index contributed by atoms with van der Waals surface area (Å²) in [5.41, 5.74) is 1.14. The van der Waals surface area contributed by atoms with E-state index in [4.69, 9.17) is 28.0 Å². The van der Waals surface area contributed by atoms with Gasteiger partial charge in [-0.05, 0) is 42.0 Å². The lowest BCUT2D eigenvalue weighted by Crippen LogP contribution is -2.37. The second kappa shape index (κ2) is 8.15. The van der Waals surface area contributed by atoms with Gasteiger partial charge in [0.1, 0.15) is 5.92 Å². The molecule has 5 rings (SSSR count). The second-order valence-electron chi connectivity index (χ2n) is 7.61. The van der Waals surface area contributed by atoms with Gasteiger partial charge in [0.15, 0.2) is 6.10 Å². The standard InChI is InChI=1S/C23H15Cl2N3O5/c24-13-8-10-14(11-9-13)26-22(29)19-20(17-6-1-2-7-18(17)25)27(33-21(19)23(26)30)15-4-3-5-16(12-15)28(31)32/h1-12,19-21H/t19-,20+,21-/m1/s1. The zero-order valence-corrected chi connectivity index (χ0v) is 18.3. The van der Waals surface area contributed by atoms with Crippen molar-refractivity contribution < 1.29 is 19.3 Å². The van der Waals surface area contributed by atoms with E-state index < -0.39 is 34.8 Å². The van der Waals surface area contributed by atoms with Crippen LogP contribution in [0.4, 0.5) is 17.1 Å². The van der Waals surface area contributed by atoms with E-state index in [2.05, 4.69) is 0 Å². The molecule has 0 unspecified atom stereocenters. The molecule has 0 N–H and O–H groups in total. The number of anilines is 2. The van der Waals surface area contributed by atoms with Crippen LogP contribution in [0.2, 0.25) is 10.0 Å². The van der Waals surface area contributed by atoms with Gasteiger partial charge in [-0.25, -0.2) is 9.96 Å². The van der Waals surface area contributed by atoms with Crippen molar-refractivity contribution in [3.63, 3.8) is 0 Å². The molecule has 0 bridgehead atoms. The summed E-state index contributed by atoms with van der Waals surface area (Å²) in [7, 11) is 0. The van der Waals surface area contributed by atoms with Crippen molar-refractivity contribution in [2.45, 2.75) is 12.1 Å². The Morgan fingerprint density at radius 2 is 1.61 bits per heavy atom. The third-order valence-corrected chi connectivity index (χ3v) is 6.32. The molecule has 33 heavy (non-hydrogen) atoms. The highest BCUT2D eigenvalue weighted by atomic mass is 35.5. The maximum absolute atomic E-state index is 13.5. The normalized spacial score (nSPS) is 22.1. The fraction of sp³-hybridized carbons (Fsp3) is 0.130. The number of nitro groups is 1. The van der Waals surface area contributed by atoms with E-state index in [1.54, 1.807) is 54.6 Å². The average molecular weight is 484 g/mol. The van der Waals surface area contributed by atoms with Gasteiger partial charge in [-0.15, -0.1) is 0 Å². The van der Waals surface area contributed by atoms with Crippen LogP contribution >= 0.6 is 23.2 Å². The van der Waals surface area contributed by atoms with Crippen molar-refractivity contribution in [1.82, 2.24) is 0 Å². The van der Waals surface area contributed by atoms with Crippen molar-refractivity contribution in [1.29, 1.82) is 0 Å². The quantitative estimate of drug-likeness (QED) is 0.296. The molecule has 0 radical (unpaired) electrons. The molecule has 2 amide bonds. The Morgan fingerprint density at radius 1 is 0.879 bits per heavy atom. The number of carbonyl (C=O) groups is 2. The number of carbonyl (C=O) groups excluding carboxylic acids is 2. The minimum absolute atomic E-state index is 0.147. The molecule has 2 saturated heterocycles. The number of fused-ring (bicyclic) bond motifs is 1. The molecule has 3 aromatic rings. The van der Waals surface area contributed by atoms with Crippen molar-refractivity contribution >= 4 is 52.1 Å². The topological polar surface area (TPSA) is 93.0 Å². The molecule has 10 heteroatoms. The van der Waals surface area contributed by atoms with E-state index >= 15 is 0 Å². The van der Waals surface area contributed by atoms with E-state index in [0.29, 0.717) is 27.0 Å². The number of amides is 2. The molecule has 0 saturated carbocycles. The third kappa shape index (κ3) is 3.52. The second-order valence-corrected chi connectivity index (χ2v) is 8.45. The van der Waals surface area contributed by atoms with Gasteiger partial charge in [0.2, 0.25) is 5.91 Å². The van der Waals surface area contributed by atoms with Crippen LogP contribution in [-0.2, 0) is 14.4 Å². The highest BCUT2D eigenvalue weighted by Gasteiger charge is 2.60. The molecule has 2 heterocycles. The summed E-state index contributed by atoms with van der Waals surface area (Å²) in [4.78, 5) is 44.7. The first-order valence-corrected chi connectivity index (χ1v) is 10.7. The minimum Gasteiger partial charge on any atom is -0.273 e. The fourth-order valence-electron chi connectivity index (χ4n) is 4.26. The van der Waals surface area contributed by atoms with Crippen LogP contribution in [0.5, 0.6) is 0 Å². The third-order valence-electron chi connectivity index (χ3n) is 5.72. The number of hydrogen-bond donors (Lipinski definition) is 0. The van der Waals surface area contributed by atoms with E-state index in [0.717, 1.165) is 4.90 Å². The Hall–Kier alpha value is -3.46. The van der Waals surface area contributed by atoms with Crippen LogP contribution in [-0.4, -0.2) is 22.8 Å². The molecule has 2 fully saturated rings. The van der Waals surface area contributed by atoms with Gasteiger partial charge in [-0.2, -0.15) is 0 Å². The lowest BCUT2D eigenvalue weighted by molar-refractivity contribution is -0.384. The molecule has 0 aliphatic carbocycles. The number of imide groups is 1. The van der Waals surface area contributed by atoms with E-state index in [9.17, 15) is 19.7 Å². The van der Waals surface area contributed by atoms with Gasteiger partial charge >= 0.3 is 0 Å². The maximum Gasteiger partial charge on any atom is 0.271 e. The lowest BCUT2D eigenvalue weighted by atomic mass is 9.90. The molecule has 166 valence electrons. The minimum atomic E-state index is -1.12. The van der Waals surface area contributed by atoms with Crippen molar-refractivity contribution in [3.8, 4) is 0 Å². The van der Waals surface area contributed by atoms with Gasteiger partial charge in [-0.3, -0.25) is 24.5 Å². The highest BCUT2D eigenvalue weighted by molar-refractivity contribution is 6.32. The first kappa shape index (κ1) is 21.4. The molecule has 0 aromatic heterocycles. The Morgan fingerprint density at radius 3 is 2.30 bits per heavy atom. The Balaban J connectivity index is 1.61. The number of hydroxylamine groups is 1. The van der Waals surface area contributed by atoms with Crippen LogP contribution < -0.4 is 9.96 Å². The number of hydrogen-bond acceptors (Lipinski definition) is 6. The molecule has 0 spiro atoms.